The van der Waals surface area contributed by atoms with Crippen molar-refractivity contribution in [3.05, 3.63) is 69.3 Å². The molecule has 0 saturated heterocycles. The molecule has 2 rings (SSSR count). The first-order valence-electron chi connectivity index (χ1n) is 8.86. The molecule has 2 aromatic carbocycles. The fourth-order valence-electron chi connectivity index (χ4n) is 2.49. The maximum atomic E-state index is 12.4. The average Bonchev–Trinajstić information content (AvgIpc) is 2.69. The molecule has 0 bridgehead atoms. The first-order chi connectivity index (χ1) is 13.7. The summed E-state index contributed by atoms with van der Waals surface area (Å²) in [6, 6.07) is 13.1. The van der Waals surface area contributed by atoms with Crippen LogP contribution in [0.5, 0.6) is 11.5 Å². The molecule has 0 fully saturated rings. The molecule has 0 aliphatic heterocycles. The number of nitrogens with zero attached hydrogens (tertiary/aromatic N) is 2. The molecule has 7 heteroatoms. The van der Waals surface area contributed by atoms with Crippen molar-refractivity contribution in [2.75, 3.05) is 7.11 Å². The summed E-state index contributed by atoms with van der Waals surface area (Å²) in [5, 5.41) is 20.0. The topological polar surface area (TPSA) is 102 Å². The zero-order chi connectivity index (χ0) is 21.6. The minimum atomic E-state index is -0.653. The van der Waals surface area contributed by atoms with E-state index in [9.17, 15) is 20.2 Å². The number of rotatable bonds is 7. The molecule has 0 radical (unpaired) electrons. The Kier molecular flexibility index (Phi) is 6.73. The van der Waals surface area contributed by atoms with Crippen molar-refractivity contribution in [1.82, 2.24) is 0 Å². The number of nitro groups is 1. The fourth-order valence-corrected chi connectivity index (χ4v) is 2.49. The molecule has 0 aliphatic rings. The van der Waals surface area contributed by atoms with Gasteiger partial charge in [-0.05, 0) is 41.5 Å². The third-order valence-electron chi connectivity index (χ3n) is 4.09. The van der Waals surface area contributed by atoms with Crippen molar-refractivity contribution in [3.63, 3.8) is 0 Å². The lowest BCUT2D eigenvalue weighted by atomic mass is 9.86. The van der Waals surface area contributed by atoms with Gasteiger partial charge in [0, 0.05) is 17.5 Å². The highest BCUT2D eigenvalue weighted by Gasteiger charge is 2.25. The van der Waals surface area contributed by atoms with Crippen LogP contribution < -0.4 is 9.47 Å². The lowest BCUT2D eigenvalue weighted by Gasteiger charge is -2.15. The Labute approximate surface area is 169 Å². The molecule has 0 atom stereocenters. The summed E-state index contributed by atoms with van der Waals surface area (Å²) in [6.07, 6.45) is 1.52. The molecular weight excluding hydrogens is 372 g/mol. The summed E-state index contributed by atoms with van der Waals surface area (Å²) >= 11 is 0. The van der Waals surface area contributed by atoms with Gasteiger partial charge in [-0.15, -0.1) is 0 Å². The number of hydrogen-bond donors (Lipinski definition) is 0. The summed E-state index contributed by atoms with van der Waals surface area (Å²) in [7, 11) is 1.49. The largest absolute Gasteiger partial charge is 0.493 e. The van der Waals surface area contributed by atoms with Gasteiger partial charge in [0.15, 0.2) is 17.3 Å². The van der Waals surface area contributed by atoms with Crippen molar-refractivity contribution < 1.29 is 19.2 Å². The van der Waals surface area contributed by atoms with E-state index in [1.54, 1.807) is 51.1 Å². The average molecular weight is 394 g/mol. The Hall–Kier alpha value is -3.66. The van der Waals surface area contributed by atoms with Gasteiger partial charge >= 0.3 is 0 Å². The van der Waals surface area contributed by atoms with Crippen molar-refractivity contribution in [2.24, 2.45) is 5.41 Å². The number of hydrogen-bond acceptors (Lipinski definition) is 6. The molecule has 0 heterocycles. The van der Waals surface area contributed by atoms with Gasteiger partial charge in [-0.1, -0.05) is 26.8 Å². The van der Waals surface area contributed by atoms with E-state index >= 15 is 0 Å². The minimum absolute atomic E-state index is 0.0144. The second-order valence-corrected chi connectivity index (χ2v) is 7.37. The van der Waals surface area contributed by atoms with Crippen LogP contribution in [0.4, 0.5) is 5.69 Å². The zero-order valence-electron chi connectivity index (χ0n) is 16.8. The molecule has 0 saturated carbocycles. The predicted molar refractivity (Wildman–Crippen MR) is 108 cm³/mol. The molecule has 0 N–H and O–H groups in total. The first kappa shape index (κ1) is 21.6. The third kappa shape index (κ3) is 5.66. The van der Waals surface area contributed by atoms with Crippen LogP contribution in [-0.4, -0.2) is 17.8 Å². The van der Waals surface area contributed by atoms with Crippen LogP contribution in [0, 0.1) is 26.9 Å². The molecule has 0 amide bonds. The van der Waals surface area contributed by atoms with E-state index in [1.165, 1.54) is 25.3 Å². The molecular formula is C22H22N2O5. The highest BCUT2D eigenvalue weighted by molar-refractivity contribution is 6.06. The van der Waals surface area contributed by atoms with Crippen LogP contribution in [0.3, 0.4) is 0 Å². The van der Waals surface area contributed by atoms with Crippen LogP contribution in [0.25, 0.3) is 6.08 Å². The molecule has 2 aromatic rings. The van der Waals surface area contributed by atoms with E-state index in [2.05, 4.69) is 0 Å². The van der Waals surface area contributed by atoms with Gasteiger partial charge < -0.3 is 9.47 Å². The number of ether oxygens (including phenoxy) is 2. The van der Waals surface area contributed by atoms with E-state index in [0.717, 1.165) is 5.56 Å². The van der Waals surface area contributed by atoms with Gasteiger partial charge in [0.05, 0.1) is 17.6 Å². The van der Waals surface area contributed by atoms with Gasteiger partial charge in [-0.25, -0.2) is 0 Å². The minimum Gasteiger partial charge on any atom is -0.493 e. The van der Waals surface area contributed by atoms with Gasteiger partial charge in [0.2, 0.25) is 0 Å². The number of ketones is 1. The Morgan fingerprint density at radius 2 is 1.83 bits per heavy atom. The molecule has 7 nitrogen and oxygen atoms in total. The number of Topliss-reactive ketones (excluding diaryl/α,β-unsaturated/α-hetero) is 1. The number of allylic oxidation sites excluding steroid dienone is 1. The third-order valence-corrected chi connectivity index (χ3v) is 4.09. The van der Waals surface area contributed by atoms with Crippen LogP contribution in [0.1, 0.15) is 31.9 Å². The van der Waals surface area contributed by atoms with Gasteiger partial charge in [-0.3, -0.25) is 14.9 Å². The summed E-state index contributed by atoms with van der Waals surface area (Å²) in [5.41, 5.74) is 0.835. The van der Waals surface area contributed by atoms with Crippen molar-refractivity contribution in [3.8, 4) is 17.6 Å². The van der Waals surface area contributed by atoms with Crippen LogP contribution in [-0.2, 0) is 11.4 Å². The van der Waals surface area contributed by atoms with Crippen molar-refractivity contribution in [1.29, 1.82) is 5.26 Å². The Morgan fingerprint density at radius 1 is 1.17 bits per heavy atom. The van der Waals surface area contributed by atoms with Crippen molar-refractivity contribution in [2.45, 2.75) is 27.4 Å². The molecule has 150 valence electrons. The molecule has 0 aliphatic carbocycles. The number of nitriles is 1. The molecule has 0 unspecified atom stereocenters. The standard InChI is InChI=1S/C22H22N2O5/c1-22(2,3)21(25)17(13-23)11-16-7-10-19(20(12-16)28-4)29-14-15-5-8-18(9-6-15)24(26)27/h5-12H,14H2,1-4H3/b17-11+. The smallest absolute Gasteiger partial charge is 0.269 e. The normalized spacial score (nSPS) is 11.5. The second-order valence-electron chi connectivity index (χ2n) is 7.37. The monoisotopic (exact) mass is 394 g/mol. The van der Waals surface area contributed by atoms with E-state index in [0.29, 0.717) is 17.1 Å². The predicted octanol–water partition coefficient (Wildman–Crippen LogP) is 4.70. The summed E-state index contributed by atoms with van der Waals surface area (Å²) in [6.45, 7) is 5.48. The van der Waals surface area contributed by atoms with E-state index < -0.39 is 10.3 Å². The Morgan fingerprint density at radius 3 is 2.34 bits per heavy atom. The molecule has 0 aromatic heterocycles. The maximum Gasteiger partial charge on any atom is 0.269 e. The number of methoxy groups -OCH3 is 1. The Balaban J connectivity index is 2.20. The van der Waals surface area contributed by atoms with E-state index in [-0.39, 0.29) is 23.7 Å². The zero-order valence-corrected chi connectivity index (χ0v) is 16.8. The lowest BCUT2D eigenvalue weighted by molar-refractivity contribution is -0.384. The van der Waals surface area contributed by atoms with E-state index in [4.69, 9.17) is 9.47 Å². The Bertz CT molecular complexity index is 980. The number of nitro benzene ring substituents is 1. The van der Waals surface area contributed by atoms with Gasteiger partial charge in [0.1, 0.15) is 12.7 Å². The number of carbonyl (C=O) groups excluding carboxylic acids is 1. The van der Waals surface area contributed by atoms with Gasteiger partial charge in [0.25, 0.3) is 5.69 Å². The highest BCUT2D eigenvalue weighted by atomic mass is 16.6. The lowest BCUT2D eigenvalue weighted by Crippen LogP contribution is -2.21. The van der Waals surface area contributed by atoms with Crippen LogP contribution >= 0.6 is 0 Å². The molecule has 0 spiro atoms. The number of benzene rings is 2. The van der Waals surface area contributed by atoms with Crippen LogP contribution in [0.2, 0.25) is 0 Å². The second kappa shape index (κ2) is 9.02. The fraction of sp³-hybridized carbons (Fsp3) is 0.273. The number of non-ortho nitro benzene ring substituents is 1. The highest BCUT2D eigenvalue weighted by Crippen LogP contribution is 2.30. The summed E-state index contributed by atoms with van der Waals surface area (Å²) in [4.78, 5) is 22.6. The van der Waals surface area contributed by atoms with Crippen molar-refractivity contribution >= 4 is 17.5 Å². The first-order valence-corrected chi connectivity index (χ1v) is 8.86. The van der Waals surface area contributed by atoms with E-state index in [1.807, 2.05) is 6.07 Å². The summed E-state index contributed by atoms with van der Waals surface area (Å²) < 4.78 is 11.1. The SMILES string of the molecule is COc1cc(/C=C(\C#N)C(=O)C(C)(C)C)ccc1OCc1ccc([N+](=O)[O-])cc1. The number of carbonyl (C=O) groups is 1. The summed E-state index contributed by atoms with van der Waals surface area (Å²) in [5.74, 6) is 0.683. The quantitative estimate of drug-likeness (QED) is 0.292. The van der Waals surface area contributed by atoms with Crippen LogP contribution in [0.15, 0.2) is 48.0 Å². The maximum absolute atomic E-state index is 12.4. The molecule has 29 heavy (non-hydrogen) atoms. The van der Waals surface area contributed by atoms with Gasteiger partial charge in [-0.2, -0.15) is 5.26 Å².